The van der Waals surface area contributed by atoms with Gasteiger partial charge in [-0.15, -0.1) is 11.3 Å². The van der Waals surface area contributed by atoms with Crippen molar-refractivity contribution < 1.29 is 19.3 Å². The fraction of sp³-hybridized carbons (Fsp3) is 0.622. The molecule has 1 aliphatic carbocycles. The summed E-state index contributed by atoms with van der Waals surface area (Å²) in [4.78, 5) is 4.03. The highest BCUT2D eigenvalue weighted by Gasteiger charge is 2.48. The second kappa shape index (κ2) is 15.7. The summed E-state index contributed by atoms with van der Waals surface area (Å²) in [6.45, 7) is 17.5. The molecular formula is C37H55NO4S. The average molecular weight is 610 g/mol. The van der Waals surface area contributed by atoms with Gasteiger partial charge in [0.15, 0.2) is 11.5 Å². The predicted molar refractivity (Wildman–Crippen MR) is 181 cm³/mol. The summed E-state index contributed by atoms with van der Waals surface area (Å²) in [5, 5.41) is 12.0. The van der Waals surface area contributed by atoms with Crippen LogP contribution in [0.1, 0.15) is 89.7 Å². The van der Waals surface area contributed by atoms with Gasteiger partial charge in [-0.3, -0.25) is 0 Å². The molecule has 2 heterocycles. The van der Waals surface area contributed by atoms with Crippen LogP contribution >= 0.6 is 11.3 Å². The highest BCUT2D eigenvalue weighted by Crippen LogP contribution is 2.51. The van der Waals surface area contributed by atoms with E-state index < -0.39 is 0 Å². The summed E-state index contributed by atoms with van der Waals surface area (Å²) in [6, 6.07) is 15.2. The molecule has 5 rings (SSSR count). The fourth-order valence-electron chi connectivity index (χ4n) is 6.50. The third-order valence-corrected chi connectivity index (χ3v) is 10.5. The number of methoxy groups -OCH3 is 1. The molecular weight excluding hydrogens is 554 g/mol. The third-order valence-electron chi connectivity index (χ3n) is 9.40. The minimum Gasteiger partial charge on any atom is -0.504 e. The lowest BCUT2D eigenvalue weighted by Gasteiger charge is -2.36. The molecule has 238 valence electrons. The molecule has 1 fully saturated rings. The number of aromatic hydroxyl groups is 1. The summed E-state index contributed by atoms with van der Waals surface area (Å²) >= 11 is 1.84. The number of aryl methyl sites for hydroxylation is 1. The number of hydrogen-bond acceptors (Lipinski definition) is 6. The molecule has 1 saturated carbocycles. The van der Waals surface area contributed by atoms with E-state index in [-0.39, 0.29) is 17.3 Å². The second-order valence-electron chi connectivity index (χ2n) is 12.8. The minimum atomic E-state index is -0.204. The number of phenols is 1. The fourth-order valence-corrected chi connectivity index (χ4v) is 7.50. The molecule has 2 aromatic carbocycles. The van der Waals surface area contributed by atoms with Gasteiger partial charge in [0.25, 0.3) is 0 Å². The maximum Gasteiger partial charge on any atom is 0.165 e. The molecule has 2 aliphatic rings. The highest BCUT2D eigenvalue weighted by molar-refractivity contribution is 7.19. The molecule has 0 radical (unpaired) electrons. The van der Waals surface area contributed by atoms with E-state index in [0.29, 0.717) is 30.9 Å². The number of phenolic OH excluding ortho intramolecular Hbond substituents is 1. The molecule has 0 spiro atoms. The molecule has 3 unspecified atom stereocenters. The standard InChI is InChI=1S/C35H49NO4S.C2H6/c1-6-27-15-16-30(37)34-33(27)35(4,32(40-34)23-38-5)17-18-36(20-26-13-14-26)25(3)12-11-24(2)21-39-22-29-19-28-9-7-8-10-31(28)41-29;1-2/h7-10,15-16,19,24-26,32,37H,6,11-14,17-18,20-23H2,1-5H3;1-2H3/t24?,25?,32-,35?;/m0./s1. The normalized spacial score (nSPS) is 20.9. The largest absolute Gasteiger partial charge is 0.504 e. The second-order valence-corrected chi connectivity index (χ2v) is 13.9. The number of nitrogens with zero attached hydrogens (tertiary/aromatic N) is 1. The first-order valence-corrected chi connectivity index (χ1v) is 17.4. The van der Waals surface area contributed by atoms with Gasteiger partial charge in [0, 0.05) is 46.9 Å². The Hall–Kier alpha value is -2.12. The van der Waals surface area contributed by atoms with Crippen molar-refractivity contribution in [1.29, 1.82) is 0 Å². The van der Waals surface area contributed by atoms with Gasteiger partial charge in [-0.25, -0.2) is 0 Å². The van der Waals surface area contributed by atoms with Crippen LogP contribution in [-0.2, 0) is 27.9 Å². The first-order valence-electron chi connectivity index (χ1n) is 16.6. The molecule has 0 saturated heterocycles. The van der Waals surface area contributed by atoms with Crippen LogP contribution in [0.4, 0.5) is 0 Å². The van der Waals surface area contributed by atoms with Crippen LogP contribution in [0.3, 0.4) is 0 Å². The van der Waals surface area contributed by atoms with Crippen molar-refractivity contribution in [3.63, 3.8) is 0 Å². The van der Waals surface area contributed by atoms with E-state index in [2.05, 4.69) is 69.0 Å². The molecule has 4 atom stereocenters. The first-order chi connectivity index (χ1) is 20.8. The Morgan fingerprint density at radius 2 is 1.88 bits per heavy atom. The maximum atomic E-state index is 10.7. The number of hydrogen-bond donors (Lipinski definition) is 1. The van der Waals surface area contributed by atoms with Crippen LogP contribution in [0.15, 0.2) is 42.5 Å². The number of thiophene rings is 1. The Bertz CT molecular complexity index is 1250. The summed E-state index contributed by atoms with van der Waals surface area (Å²) < 4.78 is 19.5. The lowest BCUT2D eigenvalue weighted by molar-refractivity contribution is 0.0433. The van der Waals surface area contributed by atoms with Crippen molar-refractivity contribution in [2.45, 2.75) is 104 Å². The quantitative estimate of drug-likeness (QED) is 0.176. The van der Waals surface area contributed by atoms with Crippen LogP contribution in [0, 0.1) is 11.8 Å². The summed E-state index contributed by atoms with van der Waals surface area (Å²) in [6.07, 6.45) is 6.85. The molecule has 43 heavy (non-hydrogen) atoms. The predicted octanol–water partition coefficient (Wildman–Crippen LogP) is 8.98. The van der Waals surface area contributed by atoms with Crippen LogP contribution in [0.2, 0.25) is 0 Å². The highest BCUT2D eigenvalue weighted by atomic mass is 32.1. The van der Waals surface area contributed by atoms with E-state index in [1.54, 1.807) is 13.2 Å². The van der Waals surface area contributed by atoms with Gasteiger partial charge in [-0.1, -0.05) is 58.9 Å². The van der Waals surface area contributed by atoms with E-state index >= 15 is 0 Å². The molecule has 1 N–H and O–H groups in total. The van der Waals surface area contributed by atoms with Crippen LogP contribution < -0.4 is 4.74 Å². The Morgan fingerprint density at radius 1 is 1.12 bits per heavy atom. The minimum absolute atomic E-state index is 0.0997. The molecule has 1 aromatic heterocycles. The van der Waals surface area contributed by atoms with Gasteiger partial charge >= 0.3 is 0 Å². The topological polar surface area (TPSA) is 51.2 Å². The van der Waals surface area contributed by atoms with Gasteiger partial charge in [0.05, 0.1) is 13.2 Å². The summed E-state index contributed by atoms with van der Waals surface area (Å²) in [7, 11) is 1.74. The van der Waals surface area contributed by atoms with Crippen LogP contribution in [0.25, 0.3) is 10.1 Å². The molecule has 3 aromatic rings. The van der Waals surface area contributed by atoms with E-state index in [9.17, 15) is 5.11 Å². The third kappa shape index (κ3) is 8.33. The Balaban J connectivity index is 0.00000207. The van der Waals surface area contributed by atoms with E-state index in [0.717, 1.165) is 38.3 Å². The molecule has 0 bridgehead atoms. The first kappa shape index (κ1) is 33.8. The van der Waals surface area contributed by atoms with Crippen molar-refractivity contribution >= 4 is 21.4 Å². The van der Waals surface area contributed by atoms with E-state index in [1.165, 1.54) is 51.9 Å². The van der Waals surface area contributed by atoms with Gasteiger partial charge in [0.1, 0.15) is 6.10 Å². The zero-order valence-electron chi connectivity index (χ0n) is 27.7. The van der Waals surface area contributed by atoms with E-state index in [4.69, 9.17) is 14.2 Å². The SMILES string of the molecule is CC.CCc1ccc(O)c2c1C(C)(CCN(CC1CC1)C(C)CCC(C)COCc1cc3ccccc3s1)[C@H](COC)O2. The van der Waals surface area contributed by atoms with Gasteiger partial charge in [-0.05, 0) is 93.0 Å². The number of benzene rings is 2. The maximum absolute atomic E-state index is 10.7. The summed E-state index contributed by atoms with van der Waals surface area (Å²) in [5.41, 5.74) is 2.25. The van der Waals surface area contributed by atoms with Crippen LogP contribution in [0.5, 0.6) is 11.5 Å². The van der Waals surface area contributed by atoms with Gasteiger partial charge < -0.3 is 24.2 Å². The number of rotatable bonds is 16. The Labute approximate surface area is 264 Å². The lowest BCUT2D eigenvalue weighted by Crippen LogP contribution is -2.44. The van der Waals surface area contributed by atoms with E-state index in [1.807, 2.05) is 25.2 Å². The zero-order valence-corrected chi connectivity index (χ0v) is 28.5. The summed E-state index contributed by atoms with van der Waals surface area (Å²) in [5.74, 6) is 2.28. The van der Waals surface area contributed by atoms with Gasteiger partial charge in [-0.2, -0.15) is 0 Å². The van der Waals surface area contributed by atoms with Crippen molar-refractivity contribution in [1.82, 2.24) is 4.90 Å². The van der Waals surface area contributed by atoms with Crippen molar-refractivity contribution in [2.24, 2.45) is 11.8 Å². The van der Waals surface area contributed by atoms with Crippen molar-refractivity contribution in [3.8, 4) is 11.5 Å². The monoisotopic (exact) mass is 609 g/mol. The molecule has 1 aliphatic heterocycles. The average Bonchev–Trinajstić information content (AvgIpc) is 3.67. The molecule has 6 heteroatoms. The zero-order chi connectivity index (χ0) is 31.0. The van der Waals surface area contributed by atoms with Crippen molar-refractivity contribution in [2.75, 3.05) is 33.4 Å². The Kier molecular flexibility index (Phi) is 12.4. The smallest absolute Gasteiger partial charge is 0.165 e. The van der Waals surface area contributed by atoms with Gasteiger partial charge in [0.2, 0.25) is 0 Å². The lowest BCUT2D eigenvalue weighted by atomic mass is 9.73. The molecule has 5 nitrogen and oxygen atoms in total. The van der Waals surface area contributed by atoms with Crippen LogP contribution in [-0.4, -0.2) is 55.6 Å². The number of ether oxygens (including phenoxy) is 3. The number of fused-ring (bicyclic) bond motifs is 2. The molecule has 0 amide bonds. The van der Waals surface area contributed by atoms with Crippen molar-refractivity contribution in [3.05, 3.63) is 58.5 Å². The Morgan fingerprint density at radius 3 is 2.58 bits per heavy atom.